The van der Waals surface area contributed by atoms with Gasteiger partial charge in [-0.25, -0.2) is 4.57 Å². The molecule has 0 fully saturated rings. The summed E-state index contributed by atoms with van der Waals surface area (Å²) >= 11 is 0. The first-order valence-corrected chi connectivity index (χ1v) is 10.0. The van der Waals surface area contributed by atoms with Crippen LogP contribution in [-0.2, 0) is 19.9 Å². The Labute approximate surface area is 165 Å². The largest absolute Gasteiger partial charge is 0.212 e. The fraction of sp³-hybridized carbons (Fsp3) is 0.148. The number of hydrogen-bond donors (Lipinski definition) is 0. The zero-order valence-electron chi connectivity index (χ0n) is 16.3. The zero-order chi connectivity index (χ0) is 18.8. The summed E-state index contributed by atoms with van der Waals surface area (Å²) in [7, 11) is 2.16. The molecule has 28 heavy (non-hydrogen) atoms. The van der Waals surface area contributed by atoms with E-state index in [1.54, 1.807) is 0 Å². The maximum Gasteiger partial charge on any atom is 0.212 e. The highest BCUT2D eigenvalue weighted by Gasteiger charge is 2.34. The molecule has 3 aromatic carbocycles. The first-order chi connectivity index (χ1) is 13.7. The Morgan fingerprint density at radius 1 is 0.643 bits per heavy atom. The lowest BCUT2D eigenvalue weighted by atomic mass is 9.85. The topological polar surface area (TPSA) is 3.88 Å². The van der Waals surface area contributed by atoms with Crippen molar-refractivity contribution in [2.45, 2.75) is 19.8 Å². The number of rotatable bonds is 1. The Kier molecular flexibility index (Phi) is 3.20. The molecular weight excluding hydrogens is 338 g/mol. The summed E-state index contributed by atoms with van der Waals surface area (Å²) in [5.74, 6) is 0. The lowest BCUT2D eigenvalue weighted by Crippen LogP contribution is -2.30. The van der Waals surface area contributed by atoms with E-state index in [9.17, 15) is 0 Å². The molecule has 134 valence electrons. The van der Waals surface area contributed by atoms with E-state index in [1.165, 1.54) is 61.3 Å². The number of benzene rings is 3. The summed E-state index contributed by atoms with van der Waals surface area (Å²) in [6, 6.07) is 24.5. The molecule has 0 N–H and O–H groups in total. The van der Waals surface area contributed by atoms with Crippen LogP contribution in [-0.4, -0.2) is 0 Å². The maximum atomic E-state index is 2.33. The smallest absolute Gasteiger partial charge is 0.201 e. The van der Waals surface area contributed by atoms with E-state index in [4.69, 9.17) is 0 Å². The van der Waals surface area contributed by atoms with E-state index in [0.717, 1.165) is 12.8 Å². The Hall–Kier alpha value is -3.19. The van der Waals surface area contributed by atoms with E-state index in [0.29, 0.717) is 0 Å². The Balaban J connectivity index is 1.77. The van der Waals surface area contributed by atoms with Gasteiger partial charge >= 0.3 is 0 Å². The number of aromatic nitrogens is 1. The van der Waals surface area contributed by atoms with Crippen LogP contribution in [0.15, 0.2) is 72.9 Å². The van der Waals surface area contributed by atoms with Crippen molar-refractivity contribution in [3.63, 3.8) is 0 Å². The van der Waals surface area contributed by atoms with Crippen molar-refractivity contribution >= 4 is 0 Å². The van der Waals surface area contributed by atoms with Gasteiger partial charge in [-0.2, -0.15) is 0 Å². The van der Waals surface area contributed by atoms with Crippen LogP contribution >= 0.6 is 0 Å². The first kappa shape index (κ1) is 15.8. The Bertz CT molecular complexity index is 1280. The Morgan fingerprint density at radius 3 is 1.89 bits per heavy atom. The number of nitrogens with zero attached hydrogens (tertiary/aromatic N) is 1. The molecule has 0 bridgehead atoms. The third-order valence-corrected chi connectivity index (χ3v) is 6.60. The number of fused-ring (bicyclic) bond motifs is 7. The minimum Gasteiger partial charge on any atom is -0.201 e. The van der Waals surface area contributed by atoms with Gasteiger partial charge in [0.25, 0.3) is 0 Å². The maximum absolute atomic E-state index is 2.33. The molecule has 0 spiro atoms. The molecule has 2 aliphatic rings. The second-order valence-corrected chi connectivity index (χ2v) is 8.07. The van der Waals surface area contributed by atoms with Crippen molar-refractivity contribution in [2.24, 2.45) is 7.05 Å². The third-order valence-electron chi connectivity index (χ3n) is 6.60. The minimum atomic E-state index is 1.02. The molecule has 0 radical (unpaired) electrons. The summed E-state index contributed by atoms with van der Waals surface area (Å²) in [6.07, 6.45) is 4.22. The minimum absolute atomic E-state index is 1.02. The SMILES string of the molecule is Cc1c2c(c3c(c1-c1cccc[n+]1C)Cc1ccccc1-3)-c1ccccc1C2. The van der Waals surface area contributed by atoms with Gasteiger partial charge in [-0.1, -0.05) is 48.5 Å². The van der Waals surface area contributed by atoms with Crippen molar-refractivity contribution in [3.05, 3.63) is 101 Å². The summed E-state index contributed by atoms with van der Waals surface area (Å²) in [4.78, 5) is 0. The highest BCUT2D eigenvalue weighted by atomic mass is 14.9. The molecule has 1 aromatic heterocycles. The molecule has 6 rings (SSSR count). The quantitative estimate of drug-likeness (QED) is 0.335. The van der Waals surface area contributed by atoms with Crippen molar-refractivity contribution < 1.29 is 4.57 Å². The predicted octanol–water partition coefficient (Wildman–Crippen LogP) is 5.63. The summed E-state index contributed by atoms with van der Waals surface area (Å²) in [6.45, 7) is 2.33. The average molecular weight is 360 g/mol. The van der Waals surface area contributed by atoms with Gasteiger partial charge in [-0.15, -0.1) is 0 Å². The van der Waals surface area contributed by atoms with Gasteiger partial charge in [0, 0.05) is 12.1 Å². The fourth-order valence-corrected chi connectivity index (χ4v) is 5.33. The molecule has 0 saturated heterocycles. The molecule has 0 saturated carbocycles. The van der Waals surface area contributed by atoms with E-state index in [2.05, 4.69) is 91.5 Å². The lowest BCUT2D eigenvalue weighted by molar-refractivity contribution is -0.660. The monoisotopic (exact) mass is 360 g/mol. The number of pyridine rings is 1. The molecule has 1 nitrogen and oxygen atoms in total. The van der Waals surface area contributed by atoms with Gasteiger partial charge in [0.15, 0.2) is 6.20 Å². The first-order valence-electron chi connectivity index (χ1n) is 10.0. The van der Waals surface area contributed by atoms with E-state index in [1.807, 2.05) is 0 Å². The third kappa shape index (κ3) is 1.99. The van der Waals surface area contributed by atoms with Crippen LogP contribution in [0, 0.1) is 6.92 Å². The van der Waals surface area contributed by atoms with Gasteiger partial charge in [0.05, 0.1) is 5.56 Å². The highest BCUT2D eigenvalue weighted by Crippen LogP contribution is 2.53. The van der Waals surface area contributed by atoms with Crippen LogP contribution in [0.4, 0.5) is 0 Å². The zero-order valence-corrected chi connectivity index (χ0v) is 16.3. The molecule has 2 aliphatic carbocycles. The summed E-state index contributed by atoms with van der Waals surface area (Å²) < 4.78 is 2.26. The van der Waals surface area contributed by atoms with Crippen LogP contribution in [0.1, 0.15) is 27.8 Å². The van der Waals surface area contributed by atoms with Crippen LogP contribution in [0.25, 0.3) is 33.5 Å². The lowest BCUT2D eigenvalue weighted by Gasteiger charge is -2.18. The molecule has 1 heteroatoms. The van der Waals surface area contributed by atoms with E-state index in [-0.39, 0.29) is 0 Å². The second-order valence-electron chi connectivity index (χ2n) is 8.07. The van der Waals surface area contributed by atoms with Gasteiger partial charge in [0.2, 0.25) is 5.69 Å². The summed E-state index contributed by atoms with van der Waals surface area (Å²) in [5.41, 5.74) is 15.9. The number of aryl methyl sites for hydroxylation is 1. The summed E-state index contributed by atoms with van der Waals surface area (Å²) in [5, 5.41) is 0. The molecule has 0 amide bonds. The molecular formula is C27H22N+. The van der Waals surface area contributed by atoms with Crippen LogP contribution in [0.2, 0.25) is 0 Å². The van der Waals surface area contributed by atoms with Gasteiger partial charge < -0.3 is 0 Å². The van der Waals surface area contributed by atoms with Crippen molar-refractivity contribution in [3.8, 4) is 33.5 Å². The molecule has 1 heterocycles. The van der Waals surface area contributed by atoms with E-state index < -0.39 is 0 Å². The standard InChI is InChI=1S/C27H22N/c1-17-22-15-18-9-3-5-11-20(18)26(22)27-21-12-6-4-10-19(21)16-23(27)25(17)24-13-7-8-14-28(24)2/h3-14H,15-16H2,1-2H3/q+1. The van der Waals surface area contributed by atoms with Crippen LogP contribution in [0.3, 0.4) is 0 Å². The average Bonchev–Trinajstić information content (AvgIpc) is 3.28. The van der Waals surface area contributed by atoms with Crippen molar-refractivity contribution in [1.29, 1.82) is 0 Å². The van der Waals surface area contributed by atoms with Gasteiger partial charge in [-0.05, 0) is 75.9 Å². The van der Waals surface area contributed by atoms with E-state index >= 15 is 0 Å². The van der Waals surface area contributed by atoms with Crippen molar-refractivity contribution in [1.82, 2.24) is 0 Å². The highest BCUT2D eigenvalue weighted by molar-refractivity contribution is 6.00. The van der Waals surface area contributed by atoms with Gasteiger partial charge in [-0.3, -0.25) is 0 Å². The molecule has 4 aromatic rings. The fourth-order valence-electron chi connectivity index (χ4n) is 5.33. The second kappa shape index (κ2) is 5.65. The molecule has 0 unspecified atom stereocenters. The molecule has 0 aliphatic heterocycles. The molecule has 0 atom stereocenters. The van der Waals surface area contributed by atoms with Gasteiger partial charge in [0.1, 0.15) is 7.05 Å². The van der Waals surface area contributed by atoms with Crippen molar-refractivity contribution in [2.75, 3.05) is 0 Å². The Morgan fingerprint density at radius 2 is 1.21 bits per heavy atom. The van der Waals surface area contributed by atoms with Crippen LogP contribution in [0.5, 0.6) is 0 Å². The predicted molar refractivity (Wildman–Crippen MR) is 114 cm³/mol. The van der Waals surface area contributed by atoms with Crippen LogP contribution < -0.4 is 4.57 Å². The normalized spacial score (nSPS) is 13.1. The number of hydrogen-bond acceptors (Lipinski definition) is 0.